The van der Waals surface area contributed by atoms with Crippen LogP contribution in [0, 0.1) is 0 Å². The minimum atomic E-state index is -3.06. The Bertz CT molecular complexity index is 191. The molecule has 0 saturated heterocycles. The van der Waals surface area contributed by atoms with Crippen LogP contribution in [0.4, 0.5) is 0 Å². The summed E-state index contributed by atoms with van der Waals surface area (Å²) in [5, 5.41) is 0. The smallest absolute Gasteiger partial charge is 0.211 e. The lowest BCUT2D eigenvalue weighted by Crippen LogP contribution is -2.28. The van der Waals surface area contributed by atoms with E-state index in [9.17, 15) is 8.42 Å². The first-order valence-corrected chi connectivity index (χ1v) is 6.07. The van der Waals surface area contributed by atoms with E-state index in [2.05, 4.69) is 17.4 Å². The van der Waals surface area contributed by atoms with E-state index >= 15 is 0 Å². The fourth-order valence-corrected chi connectivity index (χ4v) is 1.27. The second kappa shape index (κ2) is 6.71. The number of rotatable bonds is 7. The molecule has 6 heteroatoms. The Hall–Kier alpha value is 0.220. The molecule has 0 aliphatic carbocycles. The van der Waals surface area contributed by atoms with Crippen LogP contribution in [0.5, 0.6) is 0 Å². The fraction of sp³-hybridized carbons (Fsp3) is 1.00. The van der Waals surface area contributed by atoms with Crippen molar-refractivity contribution in [3.63, 3.8) is 0 Å². The Balaban J connectivity index is 3.32. The highest BCUT2D eigenvalue weighted by atomic mass is 32.2. The summed E-state index contributed by atoms with van der Waals surface area (Å²) in [5.74, 6) is 0.764. The summed E-state index contributed by atoms with van der Waals surface area (Å²) < 4.78 is 29.1. The lowest BCUT2D eigenvalue weighted by Gasteiger charge is -2.04. The molecule has 0 aromatic rings. The first-order valence-electron chi connectivity index (χ1n) is 3.78. The van der Waals surface area contributed by atoms with E-state index in [-0.39, 0.29) is 5.75 Å². The van der Waals surface area contributed by atoms with Crippen molar-refractivity contribution in [1.82, 2.24) is 4.72 Å². The van der Waals surface area contributed by atoms with Gasteiger partial charge in [0.05, 0.1) is 19.0 Å². The third kappa shape index (κ3) is 6.90. The van der Waals surface area contributed by atoms with Gasteiger partial charge in [-0.05, 0) is 6.92 Å². The average molecular weight is 213 g/mol. The van der Waals surface area contributed by atoms with Gasteiger partial charge in [0.1, 0.15) is 0 Å². The Labute approximate surface area is 79.1 Å². The zero-order valence-electron chi connectivity index (χ0n) is 7.12. The van der Waals surface area contributed by atoms with E-state index in [1.54, 1.807) is 6.92 Å². The summed E-state index contributed by atoms with van der Waals surface area (Å²) in [6, 6.07) is 0. The van der Waals surface area contributed by atoms with Crippen molar-refractivity contribution >= 4 is 22.7 Å². The van der Waals surface area contributed by atoms with Crippen LogP contribution in [0.15, 0.2) is 0 Å². The van der Waals surface area contributed by atoms with Crippen molar-refractivity contribution < 1.29 is 13.2 Å². The predicted octanol–water partition coefficient (Wildman–Crippen LogP) is -0.128. The van der Waals surface area contributed by atoms with Crippen LogP contribution in [-0.4, -0.2) is 39.7 Å². The minimum Gasteiger partial charge on any atom is -0.379 e. The second-order valence-electron chi connectivity index (χ2n) is 2.13. The highest BCUT2D eigenvalue weighted by Crippen LogP contribution is 1.82. The number of nitrogens with one attached hydrogen (secondary N) is 1. The number of sulfonamides is 1. The Kier molecular flexibility index (Phi) is 6.83. The number of thiol groups is 1. The summed E-state index contributed by atoms with van der Waals surface area (Å²) in [6.07, 6.45) is 0. The molecular weight excluding hydrogens is 198 g/mol. The molecule has 0 bridgehead atoms. The zero-order valence-corrected chi connectivity index (χ0v) is 8.83. The van der Waals surface area contributed by atoms with E-state index in [4.69, 9.17) is 4.74 Å². The van der Waals surface area contributed by atoms with Crippen molar-refractivity contribution in [3.8, 4) is 0 Å². The summed E-state index contributed by atoms with van der Waals surface area (Å²) in [4.78, 5) is 0. The molecule has 0 aromatic carbocycles. The molecule has 4 nitrogen and oxygen atoms in total. The SMILES string of the molecule is CCS(=O)(=O)NCCOCCS. The van der Waals surface area contributed by atoms with Gasteiger partial charge in [0, 0.05) is 12.3 Å². The molecule has 0 fully saturated rings. The van der Waals surface area contributed by atoms with Gasteiger partial charge in [-0.25, -0.2) is 13.1 Å². The molecule has 0 amide bonds. The third-order valence-electron chi connectivity index (χ3n) is 1.18. The molecule has 12 heavy (non-hydrogen) atoms. The maximum absolute atomic E-state index is 10.9. The molecule has 0 unspecified atom stereocenters. The molecule has 0 rings (SSSR count). The Morgan fingerprint density at radius 1 is 1.42 bits per heavy atom. The largest absolute Gasteiger partial charge is 0.379 e. The van der Waals surface area contributed by atoms with E-state index in [1.165, 1.54) is 0 Å². The van der Waals surface area contributed by atoms with Gasteiger partial charge in [-0.15, -0.1) is 0 Å². The van der Waals surface area contributed by atoms with E-state index in [1.807, 2.05) is 0 Å². The van der Waals surface area contributed by atoms with Gasteiger partial charge >= 0.3 is 0 Å². The normalized spacial score (nSPS) is 11.8. The predicted molar refractivity (Wildman–Crippen MR) is 52.1 cm³/mol. The standard InChI is InChI=1S/C6H15NO3S2/c1-2-12(8,9)7-3-4-10-5-6-11/h7,11H,2-6H2,1H3. The Morgan fingerprint density at radius 3 is 2.58 bits per heavy atom. The van der Waals surface area contributed by atoms with Crippen LogP contribution >= 0.6 is 12.6 Å². The topological polar surface area (TPSA) is 55.4 Å². The number of hydrogen-bond acceptors (Lipinski definition) is 4. The molecule has 0 spiro atoms. The van der Waals surface area contributed by atoms with Crippen LogP contribution in [0.3, 0.4) is 0 Å². The highest BCUT2D eigenvalue weighted by Gasteiger charge is 2.03. The van der Waals surface area contributed by atoms with Crippen molar-refractivity contribution in [2.45, 2.75) is 6.92 Å². The van der Waals surface area contributed by atoms with Gasteiger partial charge < -0.3 is 4.74 Å². The monoisotopic (exact) mass is 213 g/mol. The van der Waals surface area contributed by atoms with E-state index in [0.29, 0.717) is 25.5 Å². The van der Waals surface area contributed by atoms with Crippen LogP contribution in [0.25, 0.3) is 0 Å². The van der Waals surface area contributed by atoms with Gasteiger partial charge in [0.25, 0.3) is 0 Å². The number of ether oxygens (including phenoxy) is 1. The van der Waals surface area contributed by atoms with Gasteiger partial charge in [0.15, 0.2) is 0 Å². The molecule has 0 saturated carbocycles. The zero-order chi connectivity index (χ0) is 9.45. The molecule has 0 atom stereocenters. The maximum atomic E-state index is 10.9. The van der Waals surface area contributed by atoms with Gasteiger partial charge in [0.2, 0.25) is 10.0 Å². The molecule has 74 valence electrons. The van der Waals surface area contributed by atoms with Crippen LogP contribution in [0.2, 0.25) is 0 Å². The summed E-state index contributed by atoms with van der Waals surface area (Å²) in [6.45, 7) is 2.89. The first kappa shape index (κ1) is 12.2. The molecule has 1 N–H and O–H groups in total. The second-order valence-corrected chi connectivity index (χ2v) is 4.68. The summed E-state index contributed by atoms with van der Waals surface area (Å²) in [5.41, 5.74) is 0. The van der Waals surface area contributed by atoms with Gasteiger partial charge in [-0.2, -0.15) is 12.6 Å². The first-order chi connectivity index (χ1) is 5.62. The Morgan fingerprint density at radius 2 is 2.08 bits per heavy atom. The van der Waals surface area contributed by atoms with Crippen LogP contribution < -0.4 is 4.72 Å². The summed E-state index contributed by atoms with van der Waals surface area (Å²) >= 11 is 3.93. The van der Waals surface area contributed by atoms with Crippen molar-refractivity contribution in [3.05, 3.63) is 0 Å². The lowest BCUT2D eigenvalue weighted by atomic mass is 10.7. The van der Waals surface area contributed by atoms with Crippen molar-refractivity contribution in [1.29, 1.82) is 0 Å². The molecule has 0 aromatic heterocycles. The number of hydrogen-bond donors (Lipinski definition) is 2. The molecule has 0 radical (unpaired) electrons. The average Bonchev–Trinajstić information content (AvgIpc) is 2.04. The van der Waals surface area contributed by atoms with E-state index < -0.39 is 10.0 Å². The van der Waals surface area contributed by atoms with Crippen LogP contribution in [-0.2, 0) is 14.8 Å². The molecular formula is C6H15NO3S2. The third-order valence-corrected chi connectivity index (χ3v) is 2.77. The quantitative estimate of drug-likeness (QED) is 0.457. The van der Waals surface area contributed by atoms with Gasteiger partial charge in [-0.3, -0.25) is 0 Å². The molecule has 0 aliphatic rings. The maximum Gasteiger partial charge on any atom is 0.211 e. The van der Waals surface area contributed by atoms with Crippen LogP contribution in [0.1, 0.15) is 6.92 Å². The van der Waals surface area contributed by atoms with Gasteiger partial charge in [-0.1, -0.05) is 0 Å². The van der Waals surface area contributed by atoms with E-state index in [0.717, 1.165) is 0 Å². The fourth-order valence-electron chi connectivity index (χ4n) is 0.538. The van der Waals surface area contributed by atoms with Crippen molar-refractivity contribution in [2.24, 2.45) is 0 Å². The molecule has 0 heterocycles. The minimum absolute atomic E-state index is 0.111. The molecule has 0 aliphatic heterocycles. The highest BCUT2D eigenvalue weighted by molar-refractivity contribution is 7.89. The van der Waals surface area contributed by atoms with Crippen molar-refractivity contribution in [2.75, 3.05) is 31.3 Å². The lowest BCUT2D eigenvalue weighted by molar-refractivity contribution is 0.156. The summed E-state index contributed by atoms with van der Waals surface area (Å²) in [7, 11) is -3.06.